The summed E-state index contributed by atoms with van der Waals surface area (Å²) in [6, 6.07) is 12.2. The summed E-state index contributed by atoms with van der Waals surface area (Å²) in [5.74, 6) is -0.522. The van der Waals surface area contributed by atoms with Crippen molar-refractivity contribution in [3.8, 4) is 0 Å². The lowest BCUT2D eigenvalue weighted by Crippen LogP contribution is -2.35. The third-order valence-electron chi connectivity index (χ3n) is 5.47. The maximum atomic E-state index is 13.1. The quantitative estimate of drug-likeness (QED) is 0.701. The number of carbonyl (C=O) groups is 2. The highest BCUT2D eigenvalue weighted by Crippen LogP contribution is 2.34. The van der Waals surface area contributed by atoms with Gasteiger partial charge in [-0.1, -0.05) is 43.5 Å². The molecule has 2 aromatic rings. The first-order valence-electron chi connectivity index (χ1n) is 10.1. The van der Waals surface area contributed by atoms with Crippen LogP contribution in [0.1, 0.15) is 59.5 Å². The van der Waals surface area contributed by atoms with Gasteiger partial charge in [-0.25, -0.2) is 0 Å². The molecule has 30 heavy (non-hydrogen) atoms. The monoisotopic (exact) mass is 418 g/mol. The minimum Gasteiger partial charge on any atom is -0.332 e. The van der Waals surface area contributed by atoms with E-state index in [9.17, 15) is 22.8 Å². The van der Waals surface area contributed by atoms with Crippen LogP contribution in [0, 0.1) is 0 Å². The lowest BCUT2D eigenvalue weighted by atomic mass is 9.84. The van der Waals surface area contributed by atoms with Gasteiger partial charge >= 0.3 is 6.18 Å². The number of anilines is 1. The van der Waals surface area contributed by atoms with Crippen molar-refractivity contribution >= 4 is 17.5 Å². The van der Waals surface area contributed by atoms with Crippen molar-refractivity contribution in [1.29, 1.82) is 0 Å². The molecule has 0 saturated heterocycles. The van der Waals surface area contributed by atoms with Gasteiger partial charge in [0.1, 0.15) is 0 Å². The van der Waals surface area contributed by atoms with Crippen molar-refractivity contribution < 1.29 is 22.8 Å². The Morgan fingerprint density at radius 1 is 1.00 bits per heavy atom. The highest BCUT2D eigenvalue weighted by molar-refractivity contribution is 5.99. The number of hydrogen-bond donors (Lipinski definition) is 1. The molecule has 0 aliphatic heterocycles. The molecule has 0 bridgehead atoms. The Labute approximate surface area is 174 Å². The van der Waals surface area contributed by atoms with E-state index in [0.29, 0.717) is 11.5 Å². The van der Waals surface area contributed by atoms with E-state index in [2.05, 4.69) is 5.32 Å². The Morgan fingerprint density at radius 2 is 1.63 bits per heavy atom. The normalized spacial score (nSPS) is 14.9. The number of para-hydroxylation sites is 1. The van der Waals surface area contributed by atoms with Gasteiger partial charge in [-0.15, -0.1) is 0 Å². The molecule has 1 saturated carbocycles. The van der Waals surface area contributed by atoms with Crippen LogP contribution >= 0.6 is 0 Å². The zero-order valence-corrected chi connectivity index (χ0v) is 16.8. The van der Waals surface area contributed by atoms with Gasteiger partial charge in [-0.2, -0.15) is 13.2 Å². The lowest BCUT2D eigenvalue weighted by Gasteiger charge is -2.22. The Morgan fingerprint density at radius 3 is 2.27 bits per heavy atom. The molecule has 2 amide bonds. The Kier molecular flexibility index (Phi) is 6.80. The van der Waals surface area contributed by atoms with Gasteiger partial charge in [0.15, 0.2) is 0 Å². The van der Waals surface area contributed by atoms with Gasteiger partial charge in [0, 0.05) is 12.6 Å². The largest absolute Gasteiger partial charge is 0.418 e. The zero-order chi connectivity index (χ0) is 21.7. The lowest BCUT2D eigenvalue weighted by molar-refractivity contribution is -0.137. The maximum Gasteiger partial charge on any atom is 0.418 e. The molecule has 0 aromatic heterocycles. The Hall–Kier alpha value is -2.83. The first kappa shape index (κ1) is 21.9. The van der Waals surface area contributed by atoms with Crippen LogP contribution in [0.4, 0.5) is 18.9 Å². The molecule has 3 rings (SSSR count). The number of rotatable bonds is 5. The van der Waals surface area contributed by atoms with E-state index in [1.165, 1.54) is 55.0 Å². The SMILES string of the molecule is CN(CC(=O)Nc1ccccc1C(F)(F)F)C(=O)c1ccc(C2CCCCC2)cc1. The Bertz CT molecular complexity index is 888. The van der Waals surface area contributed by atoms with E-state index >= 15 is 0 Å². The molecular weight excluding hydrogens is 393 g/mol. The molecule has 2 aromatic carbocycles. The van der Waals surface area contributed by atoms with Crippen molar-refractivity contribution in [3.05, 3.63) is 65.2 Å². The molecule has 1 aliphatic carbocycles. The molecule has 0 spiro atoms. The highest BCUT2D eigenvalue weighted by Gasteiger charge is 2.33. The number of nitrogens with zero attached hydrogens (tertiary/aromatic N) is 1. The molecule has 0 radical (unpaired) electrons. The summed E-state index contributed by atoms with van der Waals surface area (Å²) in [6.45, 7) is -0.352. The molecule has 1 aliphatic rings. The fourth-order valence-corrected chi connectivity index (χ4v) is 3.87. The molecule has 1 N–H and O–H groups in total. The molecule has 1 fully saturated rings. The third kappa shape index (κ3) is 5.40. The van der Waals surface area contributed by atoms with Gasteiger partial charge in [0.2, 0.25) is 5.91 Å². The van der Waals surface area contributed by atoms with Crippen LogP contribution in [0.15, 0.2) is 48.5 Å². The summed E-state index contributed by atoms with van der Waals surface area (Å²) in [4.78, 5) is 26.0. The summed E-state index contributed by atoms with van der Waals surface area (Å²) >= 11 is 0. The van der Waals surface area contributed by atoms with Gasteiger partial charge in [0.05, 0.1) is 17.8 Å². The number of alkyl halides is 3. The minimum atomic E-state index is -4.58. The average Bonchev–Trinajstić information content (AvgIpc) is 2.73. The van der Waals surface area contributed by atoms with Crippen LogP contribution in [-0.4, -0.2) is 30.3 Å². The number of benzene rings is 2. The van der Waals surface area contributed by atoms with Crippen LogP contribution in [0.3, 0.4) is 0 Å². The second-order valence-corrected chi connectivity index (χ2v) is 7.71. The van der Waals surface area contributed by atoms with Crippen molar-refractivity contribution in [2.75, 3.05) is 18.9 Å². The number of carbonyl (C=O) groups excluding carboxylic acids is 2. The van der Waals surface area contributed by atoms with Crippen molar-refractivity contribution in [1.82, 2.24) is 4.90 Å². The second kappa shape index (κ2) is 9.32. The van der Waals surface area contributed by atoms with E-state index < -0.39 is 17.6 Å². The molecular formula is C23H25F3N2O2. The second-order valence-electron chi connectivity index (χ2n) is 7.71. The summed E-state index contributed by atoms with van der Waals surface area (Å²) in [5.41, 5.74) is 0.411. The first-order chi connectivity index (χ1) is 14.3. The van der Waals surface area contributed by atoms with Gasteiger partial charge in [-0.3, -0.25) is 9.59 Å². The van der Waals surface area contributed by atoms with E-state index in [0.717, 1.165) is 18.9 Å². The van der Waals surface area contributed by atoms with Crippen LogP contribution < -0.4 is 5.32 Å². The molecule has 0 atom stereocenters. The topological polar surface area (TPSA) is 49.4 Å². The van der Waals surface area contributed by atoms with Crippen LogP contribution in [0.5, 0.6) is 0 Å². The van der Waals surface area contributed by atoms with E-state index in [1.54, 1.807) is 12.1 Å². The molecule has 4 nitrogen and oxygen atoms in total. The fraction of sp³-hybridized carbons (Fsp3) is 0.391. The third-order valence-corrected chi connectivity index (χ3v) is 5.47. The molecule has 7 heteroatoms. The number of halogens is 3. The number of amides is 2. The van der Waals surface area contributed by atoms with Crippen molar-refractivity contribution in [2.45, 2.75) is 44.2 Å². The van der Waals surface area contributed by atoms with Gasteiger partial charge in [-0.05, 0) is 48.6 Å². The van der Waals surface area contributed by atoms with E-state index in [4.69, 9.17) is 0 Å². The number of likely N-dealkylation sites (N-methyl/N-ethyl adjacent to an activating group) is 1. The maximum absolute atomic E-state index is 13.1. The number of nitrogens with one attached hydrogen (secondary N) is 1. The molecule has 160 valence electrons. The van der Waals surface area contributed by atoms with Crippen molar-refractivity contribution in [3.63, 3.8) is 0 Å². The highest BCUT2D eigenvalue weighted by atomic mass is 19.4. The molecule has 0 heterocycles. The standard InChI is InChI=1S/C23H25F3N2O2/c1-28(15-21(29)27-20-10-6-5-9-19(20)23(24,25)26)22(30)18-13-11-17(12-14-18)16-7-3-2-4-8-16/h5-6,9-14,16H,2-4,7-8,15H2,1H3,(H,27,29). The number of hydrogen-bond acceptors (Lipinski definition) is 2. The summed E-state index contributed by atoms with van der Waals surface area (Å²) < 4.78 is 39.2. The van der Waals surface area contributed by atoms with Gasteiger partial charge < -0.3 is 10.2 Å². The zero-order valence-electron chi connectivity index (χ0n) is 16.8. The Balaban J connectivity index is 1.61. The van der Waals surface area contributed by atoms with Crippen LogP contribution in [0.2, 0.25) is 0 Å². The van der Waals surface area contributed by atoms with Gasteiger partial charge in [0.25, 0.3) is 5.91 Å². The van der Waals surface area contributed by atoms with E-state index in [-0.39, 0.29) is 18.1 Å². The first-order valence-corrected chi connectivity index (χ1v) is 10.1. The predicted octanol–water partition coefficient (Wildman–Crippen LogP) is 5.46. The minimum absolute atomic E-state index is 0.326. The molecule has 0 unspecified atom stereocenters. The van der Waals surface area contributed by atoms with E-state index in [1.807, 2.05) is 12.1 Å². The summed E-state index contributed by atoms with van der Waals surface area (Å²) in [5, 5.41) is 2.25. The average molecular weight is 418 g/mol. The van der Waals surface area contributed by atoms with Crippen molar-refractivity contribution in [2.24, 2.45) is 0 Å². The fourth-order valence-electron chi connectivity index (χ4n) is 3.87. The smallest absolute Gasteiger partial charge is 0.332 e. The summed E-state index contributed by atoms with van der Waals surface area (Å²) in [6.07, 6.45) is 1.46. The summed E-state index contributed by atoms with van der Waals surface area (Å²) in [7, 11) is 1.45. The predicted molar refractivity (Wildman–Crippen MR) is 109 cm³/mol. The van der Waals surface area contributed by atoms with Crippen LogP contribution in [-0.2, 0) is 11.0 Å². The van der Waals surface area contributed by atoms with Crippen LogP contribution in [0.25, 0.3) is 0 Å².